The van der Waals surface area contributed by atoms with Gasteiger partial charge in [0.1, 0.15) is 31.7 Å². The van der Waals surface area contributed by atoms with E-state index in [0.717, 1.165) is 16.5 Å². The second-order valence-corrected chi connectivity index (χ2v) is 5.25. The number of esters is 1. The first-order valence-corrected chi connectivity index (χ1v) is 7.21. The molecule has 1 aromatic carbocycles. The van der Waals surface area contributed by atoms with Crippen LogP contribution in [0.15, 0.2) is 39.4 Å². The molecule has 1 aromatic heterocycles. The Balaban J connectivity index is 1.88. The van der Waals surface area contributed by atoms with Crippen molar-refractivity contribution >= 4 is 16.9 Å². The molecule has 1 aliphatic heterocycles. The minimum absolute atomic E-state index is 0.0237. The van der Waals surface area contributed by atoms with Gasteiger partial charge in [-0.15, -0.1) is 0 Å². The summed E-state index contributed by atoms with van der Waals surface area (Å²) < 4.78 is 20.7. The van der Waals surface area contributed by atoms with Gasteiger partial charge in [0.25, 0.3) is 0 Å². The average molecular weight is 316 g/mol. The highest BCUT2D eigenvalue weighted by atomic mass is 16.6. The third-order valence-corrected chi connectivity index (χ3v) is 3.73. The molecule has 1 aliphatic rings. The summed E-state index contributed by atoms with van der Waals surface area (Å²) in [6.07, 6.45) is 1.23. The molecule has 0 spiro atoms. The first-order valence-electron chi connectivity index (χ1n) is 7.21. The number of carbonyl (C=O) groups excluding carboxylic acids is 1. The molecule has 0 radical (unpaired) electrons. The summed E-state index contributed by atoms with van der Waals surface area (Å²) in [4.78, 5) is 23.7. The standard InChI is InChI=1S/C17H16O6/c1-10-3-4-13-12(7-15(18)23-16(13)11(10)2)8-22-17(19)14-9-20-5-6-21-14/h3-4,7,9H,5-6,8H2,1-2H3. The van der Waals surface area contributed by atoms with Gasteiger partial charge in [-0.2, -0.15) is 0 Å². The molecule has 0 amide bonds. The van der Waals surface area contributed by atoms with Gasteiger partial charge in [-0.25, -0.2) is 9.59 Å². The zero-order chi connectivity index (χ0) is 16.4. The maximum atomic E-state index is 11.9. The van der Waals surface area contributed by atoms with E-state index in [-0.39, 0.29) is 12.4 Å². The van der Waals surface area contributed by atoms with Crippen molar-refractivity contribution in [3.8, 4) is 0 Å². The highest BCUT2D eigenvalue weighted by Gasteiger charge is 2.18. The molecule has 0 atom stereocenters. The smallest absolute Gasteiger partial charge is 0.377 e. The van der Waals surface area contributed by atoms with E-state index in [1.165, 1.54) is 12.3 Å². The van der Waals surface area contributed by atoms with Gasteiger partial charge in [-0.05, 0) is 25.0 Å². The molecule has 23 heavy (non-hydrogen) atoms. The van der Waals surface area contributed by atoms with Gasteiger partial charge in [0, 0.05) is 17.0 Å². The molecule has 0 aliphatic carbocycles. The van der Waals surface area contributed by atoms with Crippen LogP contribution in [0.1, 0.15) is 16.7 Å². The van der Waals surface area contributed by atoms with E-state index in [2.05, 4.69) is 0 Å². The van der Waals surface area contributed by atoms with E-state index in [1.807, 2.05) is 26.0 Å². The predicted molar refractivity (Wildman–Crippen MR) is 81.7 cm³/mol. The Kier molecular flexibility index (Phi) is 4.06. The SMILES string of the molecule is Cc1ccc2c(COC(=O)C3=COCCO3)cc(=O)oc2c1C. The molecule has 6 nitrogen and oxygen atoms in total. The third kappa shape index (κ3) is 3.06. The molecule has 120 valence electrons. The van der Waals surface area contributed by atoms with Crippen molar-refractivity contribution in [2.75, 3.05) is 13.2 Å². The Morgan fingerprint density at radius 3 is 2.83 bits per heavy atom. The Bertz CT molecular complexity index is 846. The minimum atomic E-state index is -0.630. The van der Waals surface area contributed by atoms with Crippen molar-refractivity contribution in [2.24, 2.45) is 0 Å². The molecule has 2 aromatic rings. The van der Waals surface area contributed by atoms with Crippen LogP contribution in [-0.2, 0) is 25.6 Å². The van der Waals surface area contributed by atoms with E-state index in [4.69, 9.17) is 18.6 Å². The number of aryl methyl sites for hydroxylation is 2. The summed E-state index contributed by atoms with van der Waals surface area (Å²) in [5, 5.41) is 0.746. The van der Waals surface area contributed by atoms with E-state index in [0.29, 0.717) is 24.4 Å². The fourth-order valence-corrected chi connectivity index (χ4v) is 2.33. The summed E-state index contributed by atoms with van der Waals surface area (Å²) in [5.74, 6) is -0.606. The van der Waals surface area contributed by atoms with Crippen LogP contribution in [0.4, 0.5) is 0 Å². The van der Waals surface area contributed by atoms with Crippen molar-refractivity contribution in [3.05, 3.63) is 57.3 Å². The minimum Gasteiger partial charge on any atom is -0.493 e. The summed E-state index contributed by atoms with van der Waals surface area (Å²) in [6, 6.07) is 5.11. The van der Waals surface area contributed by atoms with Crippen molar-refractivity contribution < 1.29 is 23.4 Å². The number of fused-ring (bicyclic) bond motifs is 1. The van der Waals surface area contributed by atoms with Gasteiger partial charge in [-0.1, -0.05) is 12.1 Å². The number of carbonyl (C=O) groups is 1. The van der Waals surface area contributed by atoms with E-state index in [1.54, 1.807) is 0 Å². The lowest BCUT2D eigenvalue weighted by atomic mass is 10.0. The van der Waals surface area contributed by atoms with Gasteiger partial charge in [0.05, 0.1) is 0 Å². The normalized spacial score (nSPS) is 13.9. The summed E-state index contributed by atoms with van der Waals surface area (Å²) in [5.41, 5.74) is 2.53. The van der Waals surface area contributed by atoms with Crippen molar-refractivity contribution in [3.63, 3.8) is 0 Å². The highest BCUT2D eigenvalue weighted by molar-refractivity contribution is 5.87. The van der Waals surface area contributed by atoms with Gasteiger partial charge >= 0.3 is 11.6 Å². The van der Waals surface area contributed by atoms with Gasteiger partial charge in [-0.3, -0.25) is 0 Å². The molecule has 0 bridgehead atoms. The number of hydrogen-bond acceptors (Lipinski definition) is 6. The van der Waals surface area contributed by atoms with Gasteiger partial charge < -0.3 is 18.6 Å². The van der Waals surface area contributed by atoms with Crippen LogP contribution in [0.2, 0.25) is 0 Å². The maximum absolute atomic E-state index is 11.9. The van der Waals surface area contributed by atoms with Crippen molar-refractivity contribution in [1.29, 1.82) is 0 Å². The maximum Gasteiger partial charge on any atom is 0.377 e. The van der Waals surface area contributed by atoms with E-state index in [9.17, 15) is 9.59 Å². The Morgan fingerprint density at radius 2 is 2.09 bits per heavy atom. The zero-order valence-electron chi connectivity index (χ0n) is 12.9. The number of benzene rings is 1. The molecule has 6 heteroatoms. The highest BCUT2D eigenvalue weighted by Crippen LogP contribution is 2.24. The van der Waals surface area contributed by atoms with Gasteiger partial charge in [0.2, 0.25) is 5.76 Å². The Morgan fingerprint density at radius 1 is 1.26 bits per heavy atom. The van der Waals surface area contributed by atoms with E-state index >= 15 is 0 Å². The molecular formula is C17H16O6. The summed E-state index contributed by atoms with van der Waals surface area (Å²) >= 11 is 0. The largest absolute Gasteiger partial charge is 0.493 e. The number of rotatable bonds is 3. The van der Waals surface area contributed by atoms with Crippen LogP contribution in [0.25, 0.3) is 11.0 Å². The topological polar surface area (TPSA) is 75.0 Å². The molecular weight excluding hydrogens is 300 g/mol. The van der Waals surface area contributed by atoms with Crippen molar-refractivity contribution in [2.45, 2.75) is 20.5 Å². The molecule has 2 heterocycles. The summed E-state index contributed by atoms with van der Waals surface area (Å²) in [7, 11) is 0. The van der Waals surface area contributed by atoms with E-state index < -0.39 is 11.6 Å². The van der Waals surface area contributed by atoms with Crippen LogP contribution in [0.3, 0.4) is 0 Å². The predicted octanol–water partition coefficient (Wildman–Crippen LogP) is 2.34. The van der Waals surface area contributed by atoms with Gasteiger partial charge in [0.15, 0.2) is 0 Å². The van der Waals surface area contributed by atoms with Crippen LogP contribution < -0.4 is 5.63 Å². The zero-order valence-corrected chi connectivity index (χ0v) is 12.9. The first-order chi connectivity index (χ1) is 11.1. The van der Waals surface area contributed by atoms with Crippen LogP contribution in [0, 0.1) is 13.8 Å². The fraction of sp³-hybridized carbons (Fsp3) is 0.294. The molecule has 3 rings (SSSR count). The molecule has 0 saturated heterocycles. The van der Waals surface area contributed by atoms with Crippen LogP contribution in [-0.4, -0.2) is 19.2 Å². The first kappa shape index (κ1) is 15.1. The Labute approximate surface area is 132 Å². The lowest BCUT2D eigenvalue weighted by Crippen LogP contribution is -2.17. The Hall–Kier alpha value is -2.76. The lowest BCUT2D eigenvalue weighted by molar-refractivity contribution is -0.145. The second-order valence-electron chi connectivity index (χ2n) is 5.25. The number of hydrogen-bond donors (Lipinski definition) is 0. The van der Waals surface area contributed by atoms with Crippen LogP contribution >= 0.6 is 0 Å². The monoisotopic (exact) mass is 316 g/mol. The van der Waals surface area contributed by atoms with Crippen LogP contribution in [0.5, 0.6) is 0 Å². The second kappa shape index (κ2) is 6.16. The number of ether oxygens (including phenoxy) is 3. The summed E-state index contributed by atoms with van der Waals surface area (Å²) in [6.45, 7) is 4.48. The molecule has 0 saturated carbocycles. The fourth-order valence-electron chi connectivity index (χ4n) is 2.33. The lowest BCUT2D eigenvalue weighted by Gasteiger charge is -2.15. The quantitative estimate of drug-likeness (QED) is 0.639. The molecule has 0 unspecified atom stereocenters. The molecule has 0 N–H and O–H groups in total. The molecule has 0 fully saturated rings. The average Bonchev–Trinajstić information content (AvgIpc) is 2.57. The van der Waals surface area contributed by atoms with Crippen molar-refractivity contribution in [1.82, 2.24) is 0 Å². The third-order valence-electron chi connectivity index (χ3n) is 3.73.